The summed E-state index contributed by atoms with van der Waals surface area (Å²) in [6, 6.07) is 2.26. The first-order chi connectivity index (χ1) is 9.56. The van der Waals surface area contributed by atoms with Gasteiger partial charge in [0.1, 0.15) is 5.65 Å². The van der Waals surface area contributed by atoms with Crippen LogP contribution in [0, 0.1) is 18.8 Å². The van der Waals surface area contributed by atoms with E-state index in [1.165, 1.54) is 17.7 Å². The Bertz CT molecular complexity index is 606. The van der Waals surface area contributed by atoms with Gasteiger partial charge >= 0.3 is 0 Å². The fourth-order valence-electron chi connectivity index (χ4n) is 3.45. The number of pyridine rings is 1. The number of anilines is 1. The summed E-state index contributed by atoms with van der Waals surface area (Å²) < 4.78 is 2.12. The zero-order valence-corrected chi connectivity index (χ0v) is 12.6. The molecule has 4 heteroatoms. The van der Waals surface area contributed by atoms with Crippen LogP contribution >= 0.6 is 0 Å². The molecule has 0 amide bonds. The molecule has 2 N–H and O–H groups in total. The predicted molar refractivity (Wildman–Crippen MR) is 83.0 cm³/mol. The number of hydrogen-bond acceptors (Lipinski definition) is 3. The number of imidazole rings is 1. The maximum Gasteiger partial charge on any atom is 0.140 e. The van der Waals surface area contributed by atoms with E-state index in [2.05, 4.69) is 47.3 Å². The molecule has 2 atom stereocenters. The minimum Gasteiger partial charge on any atom is -0.370 e. The number of hydrogen-bond donors (Lipinski definition) is 1. The molecule has 20 heavy (non-hydrogen) atoms. The predicted octanol–water partition coefficient (Wildman–Crippen LogP) is 2.58. The first kappa shape index (κ1) is 13.4. The first-order valence-corrected chi connectivity index (χ1v) is 7.50. The van der Waals surface area contributed by atoms with Crippen LogP contribution in [0.3, 0.4) is 0 Å². The molecule has 2 aromatic heterocycles. The maximum absolute atomic E-state index is 5.69. The summed E-state index contributed by atoms with van der Waals surface area (Å²) in [4.78, 5) is 7.07. The fourth-order valence-corrected chi connectivity index (χ4v) is 3.45. The Hall–Kier alpha value is -1.55. The van der Waals surface area contributed by atoms with E-state index in [0.717, 1.165) is 36.3 Å². The zero-order chi connectivity index (χ0) is 14.3. The number of piperidine rings is 1. The molecule has 0 spiro atoms. The van der Waals surface area contributed by atoms with Crippen molar-refractivity contribution in [2.75, 3.05) is 18.0 Å². The van der Waals surface area contributed by atoms with E-state index in [9.17, 15) is 0 Å². The topological polar surface area (TPSA) is 46.6 Å². The van der Waals surface area contributed by atoms with Gasteiger partial charge in [0.05, 0.1) is 11.4 Å². The van der Waals surface area contributed by atoms with Crippen molar-refractivity contribution in [1.29, 1.82) is 0 Å². The van der Waals surface area contributed by atoms with Crippen molar-refractivity contribution < 1.29 is 0 Å². The molecule has 3 rings (SSSR count). The molecule has 3 heterocycles. The van der Waals surface area contributed by atoms with E-state index in [0.29, 0.717) is 6.54 Å². The molecule has 0 radical (unpaired) electrons. The summed E-state index contributed by atoms with van der Waals surface area (Å²) >= 11 is 0. The minimum atomic E-state index is 0.494. The Labute approximate surface area is 120 Å². The molecule has 0 bridgehead atoms. The highest BCUT2D eigenvalue weighted by molar-refractivity contribution is 5.58. The van der Waals surface area contributed by atoms with Crippen LogP contribution in [0.2, 0.25) is 0 Å². The third-order valence-corrected chi connectivity index (χ3v) is 4.21. The summed E-state index contributed by atoms with van der Waals surface area (Å²) in [5.74, 6) is 1.52. The van der Waals surface area contributed by atoms with Crippen molar-refractivity contribution in [2.24, 2.45) is 17.6 Å². The lowest BCUT2D eigenvalue weighted by atomic mass is 9.91. The largest absolute Gasteiger partial charge is 0.370 e. The van der Waals surface area contributed by atoms with Gasteiger partial charge in [-0.05, 0) is 36.8 Å². The summed E-state index contributed by atoms with van der Waals surface area (Å²) in [6.07, 6.45) is 5.57. The number of nitrogens with zero attached hydrogens (tertiary/aromatic N) is 3. The summed E-state index contributed by atoms with van der Waals surface area (Å²) in [5.41, 5.74) is 10.2. The van der Waals surface area contributed by atoms with Crippen LogP contribution in [-0.4, -0.2) is 22.5 Å². The highest BCUT2D eigenvalue weighted by Crippen LogP contribution is 2.27. The summed E-state index contributed by atoms with van der Waals surface area (Å²) in [7, 11) is 0. The number of nitrogens with two attached hydrogens (primary N) is 1. The second-order valence-electron chi connectivity index (χ2n) is 6.40. The van der Waals surface area contributed by atoms with E-state index in [1.807, 2.05) is 6.20 Å². The fraction of sp³-hybridized carbons (Fsp3) is 0.562. The van der Waals surface area contributed by atoms with Crippen molar-refractivity contribution in [2.45, 2.75) is 33.7 Å². The Balaban J connectivity index is 1.99. The highest BCUT2D eigenvalue weighted by Gasteiger charge is 2.22. The van der Waals surface area contributed by atoms with Gasteiger partial charge in [-0.3, -0.25) is 0 Å². The number of fused-ring (bicyclic) bond motifs is 1. The highest BCUT2D eigenvalue weighted by atomic mass is 15.2. The lowest BCUT2D eigenvalue weighted by Gasteiger charge is -2.36. The van der Waals surface area contributed by atoms with Crippen molar-refractivity contribution in [3.05, 3.63) is 29.7 Å². The lowest BCUT2D eigenvalue weighted by molar-refractivity contribution is 0.356. The number of aryl methyl sites for hydroxylation is 1. The van der Waals surface area contributed by atoms with Crippen LogP contribution < -0.4 is 10.6 Å². The van der Waals surface area contributed by atoms with Gasteiger partial charge < -0.3 is 15.0 Å². The maximum atomic E-state index is 5.69. The van der Waals surface area contributed by atoms with E-state index in [4.69, 9.17) is 5.73 Å². The van der Waals surface area contributed by atoms with Gasteiger partial charge in [-0.25, -0.2) is 4.98 Å². The second-order valence-corrected chi connectivity index (χ2v) is 6.40. The molecule has 1 saturated heterocycles. The average molecular weight is 272 g/mol. The Morgan fingerprint density at radius 3 is 2.60 bits per heavy atom. The Morgan fingerprint density at radius 1 is 1.25 bits per heavy atom. The van der Waals surface area contributed by atoms with Gasteiger partial charge in [0, 0.05) is 32.0 Å². The molecular formula is C16H24N4. The van der Waals surface area contributed by atoms with Gasteiger partial charge in [-0.15, -0.1) is 0 Å². The first-order valence-electron chi connectivity index (χ1n) is 7.50. The van der Waals surface area contributed by atoms with Crippen LogP contribution in [0.5, 0.6) is 0 Å². The molecule has 2 unspecified atom stereocenters. The van der Waals surface area contributed by atoms with Crippen molar-refractivity contribution >= 4 is 11.3 Å². The van der Waals surface area contributed by atoms with Crippen LogP contribution in [-0.2, 0) is 6.54 Å². The minimum absolute atomic E-state index is 0.494. The normalized spacial score (nSPS) is 23.5. The van der Waals surface area contributed by atoms with Crippen LogP contribution in [0.15, 0.2) is 18.5 Å². The van der Waals surface area contributed by atoms with Crippen molar-refractivity contribution in [1.82, 2.24) is 9.38 Å². The molecule has 1 fully saturated rings. The van der Waals surface area contributed by atoms with Crippen molar-refractivity contribution in [3.8, 4) is 0 Å². The van der Waals surface area contributed by atoms with Gasteiger partial charge in [-0.2, -0.15) is 0 Å². The number of rotatable bonds is 2. The molecule has 4 nitrogen and oxygen atoms in total. The number of aromatic nitrogens is 2. The summed E-state index contributed by atoms with van der Waals surface area (Å²) in [6.45, 7) is 9.61. The standard InChI is InChI=1S/C16H24N4/c1-11-4-12(2)8-19(7-11)15-5-13(3)16-18-14(6-17)9-20(16)10-15/h5,9-12H,4,6-8,17H2,1-3H3. The van der Waals surface area contributed by atoms with Crippen LogP contribution in [0.1, 0.15) is 31.5 Å². The van der Waals surface area contributed by atoms with Crippen LogP contribution in [0.25, 0.3) is 5.65 Å². The monoisotopic (exact) mass is 272 g/mol. The van der Waals surface area contributed by atoms with Gasteiger partial charge in [0.15, 0.2) is 0 Å². The molecule has 0 aliphatic carbocycles. The van der Waals surface area contributed by atoms with Crippen molar-refractivity contribution in [3.63, 3.8) is 0 Å². The molecule has 1 aliphatic heterocycles. The van der Waals surface area contributed by atoms with E-state index < -0.39 is 0 Å². The van der Waals surface area contributed by atoms with E-state index in [1.54, 1.807) is 0 Å². The molecule has 0 aromatic carbocycles. The Morgan fingerprint density at radius 2 is 1.95 bits per heavy atom. The van der Waals surface area contributed by atoms with Gasteiger partial charge in [-0.1, -0.05) is 13.8 Å². The smallest absolute Gasteiger partial charge is 0.140 e. The second kappa shape index (κ2) is 5.09. The molecule has 2 aromatic rings. The zero-order valence-electron chi connectivity index (χ0n) is 12.6. The molecule has 108 valence electrons. The van der Waals surface area contributed by atoms with Crippen LogP contribution in [0.4, 0.5) is 5.69 Å². The quantitative estimate of drug-likeness (QED) is 0.914. The van der Waals surface area contributed by atoms with Gasteiger partial charge in [0.25, 0.3) is 0 Å². The average Bonchev–Trinajstić information content (AvgIpc) is 2.81. The van der Waals surface area contributed by atoms with E-state index >= 15 is 0 Å². The lowest BCUT2D eigenvalue weighted by Crippen LogP contribution is -2.38. The SMILES string of the molecule is Cc1cc(N2CC(C)CC(C)C2)cn2cc(CN)nc12. The van der Waals surface area contributed by atoms with E-state index in [-0.39, 0.29) is 0 Å². The third kappa shape index (κ3) is 2.40. The Kier molecular flexibility index (Phi) is 3.42. The molecule has 0 saturated carbocycles. The molecular weight excluding hydrogens is 248 g/mol. The molecule has 1 aliphatic rings. The van der Waals surface area contributed by atoms with Gasteiger partial charge in [0.2, 0.25) is 0 Å². The summed E-state index contributed by atoms with van der Waals surface area (Å²) in [5, 5.41) is 0. The third-order valence-electron chi connectivity index (χ3n) is 4.21.